The Hall–Kier alpha value is -1.25. The third kappa shape index (κ3) is 2.78. The van der Waals surface area contributed by atoms with Crippen LogP contribution >= 0.6 is 0 Å². The summed E-state index contributed by atoms with van der Waals surface area (Å²) in [6.45, 7) is 4.41. The third-order valence-electron chi connectivity index (χ3n) is 1.40. The number of ether oxygens (including phenoxy) is 1. The van der Waals surface area contributed by atoms with Crippen LogP contribution in [0.15, 0.2) is 24.0 Å². The van der Waals surface area contributed by atoms with E-state index in [1.807, 2.05) is 12.2 Å². The van der Waals surface area contributed by atoms with Crippen LogP contribution in [0.2, 0.25) is 0 Å². The Kier molecular flexibility index (Phi) is 2.91. The highest BCUT2D eigenvalue weighted by Gasteiger charge is 2.05. The van der Waals surface area contributed by atoms with Gasteiger partial charge in [-0.25, -0.2) is 0 Å². The van der Waals surface area contributed by atoms with Crippen molar-refractivity contribution < 1.29 is 9.53 Å². The van der Waals surface area contributed by atoms with E-state index in [9.17, 15) is 4.79 Å². The van der Waals surface area contributed by atoms with Crippen molar-refractivity contribution >= 4 is 5.91 Å². The van der Waals surface area contributed by atoms with Crippen LogP contribution in [-0.4, -0.2) is 12.6 Å². The van der Waals surface area contributed by atoms with Crippen molar-refractivity contribution in [2.45, 2.75) is 13.8 Å². The first-order valence-electron chi connectivity index (χ1n) is 3.99. The van der Waals surface area contributed by atoms with Gasteiger partial charge in [0.25, 0.3) is 0 Å². The second kappa shape index (κ2) is 3.95. The number of nitrogens with one attached hydrogen (secondary N) is 1. The number of allylic oxidation sites excluding steroid dienone is 2. The molecule has 0 aromatic heterocycles. The Bertz CT molecular complexity index is 229. The number of carbonyl (C=O) groups excluding carboxylic acids is 1. The molecule has 0 saturated carbocycles. The average molecular weight is 167 g/mol. The summed E-state index contributed by atoms with van der Waals surface area (Å²) >= 11 is 0. The lowest BCUT2D eigenvalue weighted by Crippen LogP contribution is -2.28. The van der Waals surface area contributed by atoms with Crippen LogP contribution < -0.4 is 5.32 Å². The Balaban J connectivity index is 2.57. The van der Waals surface area contributed by atoms with Gasteiger partial charge in [0, 0.05) is 6.08 Å². The Morgan fingerprint density at radius 3 is 3.00 bits per heavy atom. The maximum atomic E-state index is 10.8. The predicted octanol–water partition coefficient (Wildman–Crippen LogP) is 1.19. The van der Waals surface area contributed by atoms with Crippen LogP contribution in [0.1, 0.15) is 13.8 Å². The van der Waals surface area contributed by atoms with E-state index in [2.05, 4.69) is 19.2 Å². The molecule has 0 atom stereocenters. The summed E-state index contributed by atoms with van der Waals surface area (Å²) < 4.78 is 5.14. The topological polar surface area (TPSA) is 38.3 Å². The van der Waals surface area contributed by atoms with Gasteiger partial charge in [0.2, 0.25) is 5.91 Å². The van der Waals surface area contributed by atoms with Crippen LogP contribution in [0.25, 0.3) is 0 Å². The Labute approximate surface area is 72.1 Å². The highest BCUT2D eigenvalue weighted by atomic mass is 16.5. The number of hydrogen-bond acceptors (Lipinski definition) is 2. The smallest absolute Gasteiger partial charge is 0.250 e. The fourth-order valence-corrected chi connectivity index (χ4v) is 0.796. The van der Waals surface area contributed by atoms with Crippen molar-refractivity contribution in [3.05, 3.63) is 24.0 Å². The van der Waals surface area contributed by atoms with Crippen LogP contribution in [0.5, 0.6) is 0 Å². The summed E-state index contributed by atoms with van der Waals surface area (Å²) in [6, 6.07) is 0. The standard InChI is InChI=1S/C9H13NO2/c1-7(2)3-4-8-5-9(11)10-6-12-8/h3-5,7H,6H2,1-2H3,(H,10,11). The summed E-state index contributed by atoms with van der Waals surface area (Å²) in [5.74, 6) is 1.01. The van der Waals surface area contributed by atoms with Crippen LogP contribution in [0, 0.1) is 5.92 Å². The first-order valence-corrected chi connectivity index (χ1v) is 3.99. The fourth-order valence-electron chi connectivity index (χ4n) is 0.796. The van der Waals surface area contributed by atoms with Crippen molar-refractivity contribution in [3.8, 4) is 0 Å². The summed E-state index contributed by atoms with van der Waals surface area (Å²) in [7, 11) is 0. The first-order chi connectivity index (χ1) is 5.68. The number of amides is 1. The van der Waals surface area contributed by atoms with Gasteiger partial charge < -0.3 is 10.1 Å². The molecule has 0 aliphatic carbocycles. The molecule has 1 heterocycles. The average Bonchev–Trinajstić information content (AvgIpc) is 2.01. The molecule has 0 radical (unpaired) electrons. The van der Waals surface area contributed by atoms with E-state index in [-0.39, 0.29) is 12.6 Å². The van der Waals surface area contributed by atoms with Crippen LogP contribution in [-0.2, 0) is 9.53 Å². The highest BCUT2D eigenvalue weighted by Crippen LogP contribution is 2.05. The molecule has 3 nitrogen and oxygen atoms in total. The van der Waals surface area contributed by atoms with E-state index in [0.29, 0.717) is 11.7 Å². The molecule has 0 saturated heterocycles. The minimum absolute atomic E-state index is 0.0929. The molecule has 1 aliphatic rings. The third-order valence-corrected chi connectivity index (χ3v) is 1.40. The van der Waals surface area contributed by atoms with Gasteiger partial charge in [-0.1, -0.05) is 19.9 Å². The largest absolute Gasteiger partial charge is 0.473 e. The second-order valence-corrected chi connectivity index (χ2v) is 2.98. The summed E-state index contributed by atoms with van der Waals surface area (Å²) in [4.78, 5) is 10.8. The zero-order valence-corrected chi connectivity index (χ0v) is 7.33. The van der Waals surface area contributed by atoms with E-state index in [1.165, 1.54) is 6.08 Å². The van der Waals surface area contributed by atoms with E-state index >= 15 is 0 Å². The first kappa shape index (κ1) is 8.84. The van der Waals surface area contributed by atoms with Gasteiger partial charge in [0.15, 0.2) is 6.73 Å². The Morgan fingerprint density at radius 1 is 1.67 bits per heavy atom. The van der Waals surface area contributed by atoms with Crippen molar-refractivity contribution in [3.63, 3.8) is 0 Å². The van der Waals surface area contributed by atoms with E-state index in [1.54, 1.807) is 0 Å². The number of rotatable bonds is 2. The number of carbonyl (C=O) groups is 1. The van der Waals surface area contributed by atoms with E-state index in [4.69, 9.17) is 4.74 Å². The fraction of sp³-hybridized carbons (Fsp3) is 0.444. The molecule has 0 aromatic carbocycles. The molecule has 0 aromatic rings. The molecule has 0 spiro atoms. The summed E-state index contributed by atoms with van der Waals surface area (Å²) in [6.07, 6.45) is 5.26. The lowest BCUT2D eigenvalue weighted by Gasteiger charge is -2.12. The molecular weight excluding hydrogens is 154 g/mol. The normalized spacial score (nSPS) is 17.6. The minimum Gasteiger partial charge on any atom is -0.473 e. The second-order valence-electron chi connectivity index (χ2n) is 2.98. The molecular formula is C9H13NO2. The molecule has 1 amide bonds. The van der Waals surface area contributed by atoms with Gasteiger partial charge in [-0.05, 0) is 12.0 Å². The zero-order valence-electron chi connectivity index (χ0n) is 7.33. The van der Waals surface area contributed by atoms with Crippen molar-refractivity contribution in [1.29, 1.82) is 0 Å². The van der Waals surface area contributed by atoms with Crippen LogP contribution in [0.3, 0.4) is 0 Å². The molecule has 1 aliphatic heterocycles. The van der Waals surface area contributed by atoms with Gasteiger partial charge in [-0.3, -0.25) is 4.79 Å². The monoisotopic (exact) mass is 167 g/mol. The lowest BCUT2D eigenvalue weighted by atomic mass is 10.2. The highest BCUT2D eigenvalue weighted by molar-refractivity contribution is 5.88. The molecule has 1 N–H and O–H groups in total. The Morgan fingerprint density at radius 2 is 2.42 bits per heavy atom. The minimum atomic E-state index is -0.0929. The van der Waals surface area contributed by atoms with Crippen molar-refractivity contribution in [1.82, 2.24) is 5.32 Å². The zero-order chi connectivity index (χ0) is 8.97. The van der Waals surface area contributed by atoms with E-state index < -0.39 is 0 Å². The van der Waals surface area contributed by atoms with Gasteiger partial charge >= 0.3 is 0 Å². The molecule has 3 heteroatoms. The number of hydrogen-bond donors (Lipinski definition) is 1. The quantitative estimate of drug-likeness (QED) is 0.670. The molecule has 1 rings (SSSR count). The maximum Gasteiger partial charge on any atom is 0.250 e. The molecule has 66 valence electrons. The van der Waals surface area contributed by atoms with Gasteiger partial charge in [0.05, 0.1) is 0 Å². The lowest BCUT2D eigenvalue weighted by molar-refractivity contribution is -0.119. The van der Waals surface area contributed by atoms with Crippen molar-refractivity contribution in [2.24, 2.45) is 5.92 Å². The SMILES string of the molecule is CC(C)C=CC1=CC(=O)NCO1. The molecule has 0 unspecified atom stereocenters. The summed E-state index contributed by atoms with van der Waals surface area (Å²) in [5, 5.41) is 2.53. The summed E-state index contributed by atoms with van der Waals surface area (Å²) in [5.41, 5.74) is 0. The van der Waals surface area contributed by atoms with Gasteiger partial charge in [-0.15, -0.1) is 0 Å². The molecule has 0 bridgehead atoms. The predicted molar refractivity (Wildman–Crippen MR) is 46.2 cm³/mol. The van der Waals surface area contributed by atoms with E-state index in [0.717, 1.165) is 0 Å². The van der Waals surface area contributed by atoms with Crippen molar-refractivity contribution in [2.75, 3.05) is 6.73 Å². The molecule has 0 fully saturated rings. The maximum absolute atomic E-state index is 10.8. The molecule has 12 heavy (non-hydrogen) atoms. The van der Waals surface area contributed by atoms with Gasteiger partial charge in [0.1, 0.15) is 5.76 Å². The van der Waals surface area contributed by atoms with Gasteiger partial charge in [-0.2, -0.15) is 0 Å². The van der Waals surface area contributed by atoms with Crippen LogP contribution in [0.4, 0.5) is 0 Å².